The number of benzene rings is 1. The lowest BCUT2D eigenvalue weighted by Crippen LogP contribution is -2.01. The van der Waals surface area contributed by atoms with Crippen LogP contribution in [0.5, 0.6) is 5.75 Å². The maximum Gasteiger partial charge on any atom is 0.331 e. The highest BCUT2D eigenvalue weighted by atomic mass is 19.1. The van der Waals surface area contributed by atoms with Crippen molar-refractivity contribution in [2.75, 3.05) is 7.11 Å². The Morgan fingerprint density at radius 3 is 2.70 bits per heavy atom. The van der Waals surface area contributed by atoms with Gasteiger partial charge in [0, 0.05) is 24.4 Å². The number of halogens is 1. The van der Waals surface area contributed by atoms with Crippen LogP contribution in [0.1, 0.15) is 22.5 Å². The molecule has 0 spiro atoms. The normalized spacial score (nSPS) is 11.0. The summed E-state index contributed by atoms with van der Waals surface area (Å²) in [5.74, 6) is -0.829. The van der Waals surface area contributed by atoms with E-state index in [1.165, 1.54) is 25.3 Å². The van der Waals surface area contributed by atoms with Crippen molar-refractivity contribution in [3.8, 4) is 5.75 Å². The van der Waals surface area contributed by atoms with E-state index in [1.54, 1.807) is 16.8 Å². The van der Waals surface area contributed by atoms with Crippen LogP contribution < -0.4 is 4.74 Å². The van der Waals surface area contributed by atoms with E-state index < -0.39 is 11.8 Å². The molecule has 0 radical (unpaired) electrons. The van der Waals surface area contributed by atoms with Crippen molar-refractivity contribution in [2.24, 2.45) is 7.05 Å². The number of ether oxygens (including phenoxy) is 2. The second-order valence-corrected chi connectivity index (χ2v) is 5.12. The molecule has 23 heavy (non-hydrogen) atoms. The molecule has 0 aliphatic heterocycles. The monoisotopic (exact) mass is 318 g/mol. The minimum atomic E-state index is -0.496. The van der Waals surface area contributed by atoms with Gasteiger partial charge in [-0.1, -0.05) is 6.07 Å². The van der Waals surface area contributed by atoms with Crippen molar-refractivity contribution >= 4 is 12.0 Å². The van der Waals surface area contributed by atoms with Crippen LogP contribution in [0.25, 0.3) is 6.08 Å². The van der Waals surface area contributed by atoms with E-state index in [4.69, 9.17) is 9.47 Å². The molecular formula is C17H19FN2O3. The van der Waals surface area contributed by atoms with Crippen molar-refractivity contribution in [1.29, 1.82) is 0 Å². The molecule has 1 aromatic carbocycles. The second-order valence-electron chi connectivity index (χ2n) is 5.12. The molecule has 0 atom stereocenters. The number of rotatable bonds is 5. The molecule has 0 unspecified atom stereocenters. The van der Waals surface area contributed by atoms with Crippen LogP contribution in [-0.4, -0.2) is 22.9 Å². The van der Waals surface area contributed by atoms with Crippen molar-refractivity contribution in [2.45, 2.75) is 20.5 Å². The molecule has 0 aliphatic rings. The third-order valence-electron chi connectivity index (χ3n) is 3.55. The molecular weight excluding hydrogens is 299 g/mol. The number of methoxy groups -OCH3 is 1. The van der Waals surface area contributed by atoms with Gasteiger partial charge in [-0.3, -0.25) is 4.68 Å². The van der Waals surface area contributed by atoms with Crippen molar-refractivity contribution in [3.63, 3.8) is 0 Å². The average Bonchev–Trinajstić information content (AvgIpc) is 2.76. The van der Waals surface area contributed by atoms with Gasteiger partial charge >= 0.3 is 5.97 Å². The first-order chi connectivity index (χ1) is 10.9. The number of aromatic nitrogens is 2. The first-order valence-electron chi connectivity index (χ1n) is 7.09. The molecule has 0 amide bonds. The van der Waals surface area contributed by atoms with Gasteiger partial charge in [-0.2, -0.15) is 5.10 Å². The van der Waals surface area contributed by atoms with Gasteiger partial charge in [-0.25, -0.2) is 9.18 Å². The summed E-state index contributed by atoms with van der Waals surface area (Å²) in [4.78, 5) is 11.8. The van der Waals surface area contributed by atoms with Crippen LogP contribution in [0, 0.1) is 19.7 Å². The highest BCUT2D eigenvalue weighted by Crippen LogP contribution is 2.18. The van der Waals surface area contributed by atoms with Crippen molar-refractivity contribution < 1.29 is 18.7 Å². The highest BCUT2D eigenvalue weighted by Gasteiger charge is 2.08. The van der Waals surface area contributed by atoms with Crippen molar-refractivity contribution in [3.05, 3.63) is 52.6 Å². The lowest BCUT2D eigenvalue weighted by molar-refractivity contribution is -0.138. The number of hydrogen-bond acceptors (Lipinski definition) is 4. The fourth-order valence-electron chi connectivity index (χ4n) is 2.18. The molecule has 0 saturated carbocycles. The maximum atomic E-state index is 13.5. The zero-order chi connectivity index (χ0) is 17.0. The Kier molecular flexibility index (Phi) is 5.16. The first-order valence-corrected chi connectivity index (χ1v) is 7.09. The SMILES string of the molecule is COc1ccc(COC(=O)/C=C/c2c(C)nn(C)c2C)cc1F. The summed E-state index contributed by atoms with van der Waals surface area (Å²) in [6, 6.07) is 4.43. The fourth-order valence-corrected chi connectivity index (χ4v) is 2.18. The second kappa shape index (κ2) is 7.09. The molecule has 1 aromatic heterocycles. The molecule has 6 heteroatoms. The molecule has 2 rings (SSSR count). The Bertz CT molecular complexity index is 751. The molecule has 5 nitrogen and oxygen atoms in total. The Labute approximate surface area is 134 Å². The third-order valence-corrected chi connectivity index (χ3v) is 3.55. The largest absolute Gasteiger partial charge is 0.494 e. The summed E-state index contributed by atoms with van der Waals surface area (Å²) in [5.41, 5.74) is 3.24. The van der Waals surface area contributed by atoms with E-state index >= 15 is 0 Å². The average molecular weight is 318 g/mol. The van der Waals surface area contributed by atoms with Gasteiger partial charge in [-0.15, -0.1) is 0 Å². The molecule has 1 heterocycles. The van der Waals surface area contributed by atoms with Crippen LogP contribution in [-0.2, 0) is 23.2 Å². The minimum absolute atomic E-state index is 0.00487. The van der Waals surface area contributed by atoms with Gasteiger partial charge in [0.05, 0.1) is 12.8 Å². The number of nitrogens with zero attached hydrogens (tertiary/aromatic N) is 2. The van der Waals surface area contributed by atoms with E-state index in [9.17, 15) is 9.18 Å². The standard InChI is InChI=1S/C17H19FN2O3/c1-11-14(12(2)20(3)19-11)6-8-17(21)23-10-13-5-7-16(22-4)15(18)9-13/h5-9H,10H2,1-4H3/b8-6+. The van der Waals surface area contributed by atoms with Gasteiger partial charge in [0.2, 0.25) is 0 Å². The van der Waals surface area contributed by atoms with Gasteiger partial charge in [0.25, 0.3) is 0 Å². The zero-order valence-corrected chi connectivity index (χ0v) is 13.6. The number of carbonyl (C=O) groups excluding carboxylic acids is 1. The van der Waals surface area contributed by atoms with Crippen LogP contribution >= 0.6 is 0 Å². The van der Waals surface area contributed by atoms with E-state index in [1.807, 2.05) is 20.9 Å². The predicted octanol–water partition coefficient (Wildman–Crippen LogP) is 2.94. The molecule has 2 aromatic rings. The molecule has 0 N–H and O–H groups in total. The van der Waals surface area contributed by atoms with Crippen LogP contribution in [0.15, 0.2) is 24.3 Å². The molecule has 0 bridgehead atoms. The summed E-state index contributed by atoms with van der Waals surface area (Å²) >= 11 is 0. The first kappa shape index (κ1) is 16.7. The molecule has 0 fully saturated rings. The zero-order valence-electron chi connectivity index (χ0n) is 13.6. The lowest BCUT2D eigenvalue weighted by Gasteiger charge is -2.05. The van der Waals surface area contributed by atoms with E-state index in [2.05, 4.69) is 5.10 Å². The molecule has 122 valence electrons. The van der Waals surface area contributed by atoms with Gasteiger partial charge in [0.15, 0.2) is 11.6 Å². The van der Waals surface area contributed by atoms with Crippen LogP contribution in [0.3, 0.4) is 0 Å². The van der Waals surface area contributed by atoms with E-state index in [0.29, 0.717) is 5.56 Å². The molecule has 0 aliphatic carbocycles. The summed E-state index contributed by atoms with van der Waals surface area (Å²) in [6.07, 6.45) is 3.02. The van der Waals surface area contributed by atoms with Crippen LogP contribution in [0.4, 0.5) is 4.39 Å². The Morgan fingerprint density at radius 2 is 2.13 bits per heavy atom. The number of hydrogen-bond donors (Lipinski definition) is 0. The summed E-state index contributed by atoms with van der Waals surface area (Å²) in [6.45, 7) is 3.79. The van der Waals surface area contributed by atoms with Gasteiger partial charge in [0.1, 0.15) is 6.61 Å². The quantitative estimate of drug-likeness (QED) is 0.628. The van der Waals surface area contributed by atoms with Gasteiger partial charge < -0.3 is 9.47 Å². The number of carbonyl (C=O) groups is 1. The van der Waals surface area contributed by atoms with Crippen LogP contribution in [0.2, 0.25) is 0 Å². The summed E-state index contributed by atoms with van der Waals surface area (Å²) < 4.78 is 25.2. The fraction of sp³-hybridized carbons (Fsp3) is 0.294. The Balaban J connectivity index is 1.97. The highest BCUT2D eigenvalue weighted by molar-refractivity contribution is 5.87. The molecule has 0 saturated heterocycles. The maximum absolute atomic E-state index is 13.5. The Hall–Kier alpha value is -2.63. The third kappa shape index (κ3) is 3.97. The van der Waals surface area contributed by atoms with Crippen molar-refractivity contribution in [1.82, 2.24) is 9.78 Å². The predicted molar refractivity (Wildman–Crippen MR) is 84.5 cm³/mol. The van der Waals surface area contributed by atoms with Gasteiger partial charge in [-0.05, 0) is 37.6 Å². The summed E-state index contributed by atoms with van der Waals surface area (Å²) in [7, 11) is 3.24. The number of esters is 1. The Morgan fingerprint density at radius 1 is 1.39 bits per heavy atom. The smallest absolute Gasteiger partial charge is 0.331 e. The minimum Gasteiger partial charge on any atom is -0.494 e. The lowest BCUT2D eigenvalue weighted by atomic mass is 10.2. The topological polar surface area (TPSA) is 53.4 Å². The van der Waals surface area contributed by atoms with E-state index in [0.717, 1.165) is 17.0 Å². The summed E-state index contributed by atoms with van der Waals surface area (Å²) in [5, 5.41) is 4.27. The van der Waals surface area contributed by atoms with E-state index in [-0.39, 0.29) is 12.4 Å². The number of aryl methyl sites for hydroxylation is 2.